The van der Waals surface area contributed by atoms with Crippen molar-refractivity contribution in [3.05, 3.63) is 0 Å². The van der Waals surface area contributed by atoms with Gasteiger partial charge in [0.1, 0.15) is 0 Å². The number of hydrogen-bond donors (Lipinski definition) is 3. The molecule has 0 spiro atoms. The lowest BCUT2D eigenvalue weighted by Crippen LogP contribution is -2.42. The molecule has 1 rings (SSSR count). The van der Waals surface area contributed by atoms with Gasteiger partial charge in [-0.2, -0.15) is 11.8 Å². The fourth-order valence-electron chi connectivity index (χ4n) is 2.03. The van der Waals surface area contributed by atoms with Crippen LogP contribution in [-0.2, 0) is 4.79 Å². The van der Waals surface area contributed by atoms with Crippen molar-refractivity contribution in [1.29, 1.82) is 0 Å². The topological polar surface area (TPSA) is 61.4 Å². The zero-order valence-corrected chi connectivity index (χ0v) is 11.4. The quantitative estimate of drug-likeness (QED) is 0.587. The van der Waals surface area contributed by atoms with Gasteiger partial charge in [-0.05, 0) is 38.5 Å². The van der Waals surface area contributed by atoms with Gasteiger partial charge in [-0.3, -0.25) is 4.79 Å². The summed E-state index contributed by atoms with van der Waals surface area (Å²) in [6.07, 6.45) is 2.74. The molecule has 0 aromatic carbocycles. The Morgan fingerprint density at radius 1 is 1.53 bits per heavy atom. The molecule has 1 aliphatic rings. The van der Waals surface area contributed by atoms with Crippen molar-refractivity contribution in [1.82, 2.24) is 10.6 Å². The van der Waals surface area contributed by atoms with Crippen LogP contribution in [-0.4, -0.2) is 48.3 Å². The number of piperidine rings is 1. The van der Waals surface area contributed by atoms with Gasteiger partial charge < -0.3 is 15.7 Å². The lowest BCUT2D eigenvalue weighted by atomic mass is 9.92. The molecule has 5 heteroatoms. The first-order chi connectivity index (χ1) is 8.24. The van der Waals surface area contributed by atoms with Crippen LogP contribution in [0.15, 0.2) is 0 Å². The predicted molar refractivity (Wildman–Crippen MR) is 72.2 cm³/mol. The minimum Gasteiger partial charge on any atom is -0.396 e. The van der Waals surface area contributed by atoms with Crippen molar-refractivity contribution in [3.8, 4) is 0 Å². The molecule has 1 saturated heterocycles. The van der Waals surface area contributed by atoms with E-state index in [1.807, 2.05) is 0 Å². The average Bonchev–Trinajstić information content (AvgIpc) is 2.33. The summed E-state index contributed by atoms with van der Waals surface area (Å²) in [5.41, 5.74) is 0. The number of nitrogens with one attached hydrogen (secondary N) is 2. The van der Waals surface area contributed by atoms with Gasteiger partial charge in [-0.25, -0.2) is 0 Å². The van der Waals surface area contributed by atoms with Crippen LogP contribution in [0.4, 0.5) is 0 Å². The summed E-state index contributed by atoms with van der Waals surface area (Å²) in [5, 5.41) is 15.0. The highest BCUT2D eigenvalue weighted by Crippen LogP contribution is 2.15. The number of carbonyl (C=O) groups is 1. The van der Waals surface area contributed by atoms with Crippen LogP contribution in [0.1, 0.15) is 26.2 Å². The smallest absolute Gasteiger partial charge is 0.223 e. The van der Waals surface area contributed by atoms with E-state index in [0.29, 0.717) is 6.04 Å². The average molecular weight is 260 g/mol. The van der Waals surface area contributed by atoms with Gasteiger partial charge in [0.05, 0.1) is 0 Å². The molecule has 0 radical (unpaired) electrons. The van der Waals surface area contributed by atoms with Crippen LogP contribution >= 0.6 is 11.8 Å². The van der Waals surface area contributed by atoms with E-state index in [-0.39, 0.29) is 18.4 Å². The van der Waals surface area contributed by atoms with Gasteiger partial charge in [0.2, 0.25) is 5.91 Å². The van der Waals surface area contributed by atoms with E-state index in [2.05, 4.69) is 17.6 Å². The molecule has 1 amide bonds. The summed E-state index contributed by atoms with van der Waals surface area (Å²) in [7, 11) is 0. The number of aliphatic hydroxyl groups excluding tert-OH is 1. The Balaban J connectivity index is 2.04. The van der Waals surface area contributed by atoms with Crippen LogP contribution in [0.25, 0.3) is 0 Å². The molecule has 0 aromatic heterocycles. The van der Waals surface area contributed by atoms with E-state index in [1.165, 1.54) is 0 Å². The maximum atomic E-state index is 11.8. The Morgan fingerprint density at radius 3 is 3.06 bits per heavy atom. The summed E-state index contributed by atoms with van der Waals surface area (Å²) in [5.74, 6) is 2.30. The first kappa shape index (κ1) is 14.8. The summed E-state index contributed by atoms with van der Waals surface area (Å²) in [4.78, 5) is 11.8. The molecule has 0 aliphatic carbocycles. The monoisotopic (exact) mass is 260 g/mol. The molecule has 100 valence electrons. The van der Waals surface area contributed by atoms with E-state index < -0.39 is 0 Å². The number of thioether (sulfide) groups is 1. The second-order valence-corrected chi connectivity index (χ2v) is 5.78. The first-order valence-corrected chi connectivity index (χ1v) is 7.59. The molecular weight excluding hydrogens is 236 g/mol. The Labute approximate surface area is 108 Å². The molecule has 1 aliphatic heterocycles. The zero-order chi connectivity index (χ0) is 12.5. The van der Waals surface area contributed by atoms with Crippen LogP contribution < -0.4 is 10.6 Å². The molecule has 0 saturated carbocycles. The van der Waals surface area contributed by atoms with Crippen molar-refractivity contribution >= 4 is 17.7 Å². The third kappa shape index (κ3) is 6.29. The third-order valence-corrected chi connectivity index (χ3v) is 4.06. The molecule has 0 aromatic rings. The second kappa shape index (κ2) is 8.78. The minimum atomic E-state index is 0.189. The highest BCUT2D eigenvalue weighted by Gasteiger charge is 2.23. The van der Waals surface area contributed by atoms with E-state index in [1.54, 1.807) is 11.8 Å². The minimum absolute atomic E-state index is 0.189. The lowest BCUT2D eigenvalue weighted by Gasteiger charge is -2.27. The van der Waals surface area contributed by atoms with Crippen LogP contribution in [0.5, 0.6) is 0 Å². The number of carbonyl (C=O) groups excluding carboxylic acids is 1. The first-order valence-electron chi connectivity index (χ1n) is 6.43. The third-order valence-electron chi connectivity index (χ3n) is 2.99. The van der Waals surface area contributed by atoms with Gasteiger partial charge in [-0.15, -0.1) is 0 Å². The summed E-state index contributed by atoms with van der Waals surface area (Å²) < 4.78 is 0. The van der Waals surface area contributed by atoms with E-state index in [9.17, 15) is 4.79 Å². The standard InChI is InChI=1S/C12H24N2O2S/c1-10-9-11(3-4-13-10)12(16)14-5-8-17-7-2-6-15/h10-11,13,15H,2-9H2,1H3,(H,14,16)/t10-,11-/m0/s1. The van der Waals surface area contributed by atoms with Crippen molar-refractivity contribution in [3.63, 3.8) is 0 Å². The Bertz CT molecular complexity index is 227. The van der Waals surface area contributed by atoms with Gasteiger partial charge in [0.25, 0.3) is 0 Å². The van der Waals surface area contributed by atoms with Gasteiger partial charge >= 0.3 is 0 Å². The molecule has 2 atom stereocenters. The summed E-state index contributed by atoms with van der Waals surface area (Å²) in [6, 6.07) is 0.457. The second-order valence-electron chi connectivity index (χ2n) is 4.56. The highest BCUT2D eigenvalue weighted by atomic mass is 32.2. The van der Waals surface area contributed by atoms with Crippen LogP contribution in [0.2, 0.25) is 0 Å². The van der Waals surface area contributed by atoms with Crippen molar-refractivity contribution < 1.29 is 9.90 Å². The summed E-state index contributed by atoms with van der Waals surface area (Å²) >= 11 is 1.78. The Hall–Kier alpha value is -0.260. The van der Waals surface area contributed by atoms with Gasteiger partial charge in [-0.1, -0.05) is 0 Å². The molecule has 4 nitrogen and oxygen atoms in total. The van der Waals surface area contributed by atoms with Crippen molar-refractivity contribution in [2.75, 3.05) is 31.2 Å². The lowest BCUT2D eigenvalue weighted by molar-refractivity contribution is -0.125. The normalized spacial score (nSPS) is 24.6. The largest absolute Gasteiger partial charge is 0.396 e. The number of amides is 1. The predicted octanol–water partition coefficient (Wildman–Crippen LogP) is 0.606. The molecule has 0 unspecified atom stereocenters. The fourth-order valence-corrected chi connectivity index (χ4v) is 2.81. The maximum Gasteiger partial charge on any atom is 0.223 e. The SMILES string of the molecule is C[C@H]1C[C@@H](C(=O)NCCSCCCO)CCN1. The van der Waals surface area contributed by atoms with Crippen molar-refractivity contribution in [2.24, 2.45) is 5.92 Å². The van der Waals surface area contributed by atoms with E-state index in [0.717, 1.165) is 43.9 Å². The van der Waals surface area contributed by atoms with Gasteiger partial charge in [0.15, 0.2) is 0 Å². The fraction of sp³-hybridized carbons (Fsp3) is 0.917. The van der Waals surface area contributed by atoms with E-state index in [4.69, 9.17) is 5.11 Å². The number of rotatable bonds is 7. The van der Waals surface area contributed by atoms with Crippen LogP contribution in [0.3, 0.4) is 0 Å². The number of aliphatic hydroxyl groups is 1. The number of hydrogen-bond acceptors (Lipinski definition) is 4. The summed E-state index contributed by atoms with van der Waals surface area (Å²) in [6.45, 7) is 4.08. The molecular formula is C12H24N2O2S. The van der Waals surface area contributed by atoms with Crippen LogP contribution in [0, 0.1) is 5.92 Å². The molecule has 17 heavy (non-hydrogen) atoms. The highest BCUT2D eigenvalue weighted by molar-refractivity contribution is 7.99. The van der Waals surface area contributed by atoms with E-state index >= 15 is 0 Å². The molecule has 1 heterocycles. The molecule has 0 bridgehead atoms. The maximum absolute atomic E-state index is 11.8. The Morgan fingerprint density at radius 2 is 2.35 bits per heavy atom. The molecule has 3 N–H and O–H groups in total. The van der Waals surface area contributed by atoms with Gasteiger partial charge in [0, 0.05) is 30.9 Å². The Kier molecular flexibility index (Phi) is 7.64. The molecule has 1 fully saturated rings. The van der Waals surface area contributed by atoms with Crippen molar-refractivity contribution in [2.45, 2.75) is 32.2 Å². The zero-order valence-electron chi connectivity index (χ0n) is 10.6.